The first-order chi connectivity index (χ1) is 6.29. The Morgan fingerprint density at radius 2 is 1.77 bits per heavy atom. The van der Waals surface area contributed by atoms with E-state index in [-0.39, 0.29) is 17.5 Å². The molecule has 2 heteroatoms. The Labute approximate surface area is 76.6 Å². The molecule has 1 aliphatic carbocycles. The largest absolute Gasteiger partial charge is 0.291 e. The summed E-state index contributed by atoms with van der Waals surface area (Å²) in [6.07, 6.45) is 1.10. The Bertz CT molecular complexity index is 340. The Kier molecular flexibility index (Phi) is 1.97. The number of carbonyl (C=O) groups is 2. The highest BCUT2D eigenvalue weighted by atomic mass is 16.2. The van der Waals surface area contributed by atoms with Crippen molar-refractivity contribution in [3.05, 3.63) is 35.9 Å². The van der Waals surface area contributed by atoms with Gasteiger partial charge in [-0.3, -0.25) is 9.59 Å². The minimum Gasteiger partial charge on any atom is -0.291 e. The van der Waals surface area contributed by atoms with Gasteiger partial charge in [-0.2, -0.15) is 0 Å². The van der Waals surface area contributed by atoms with Gasteiger partial charge in [0.25, 0.3) is 0 Å². The van der Waals surface area contributed by atoms with Gasteiger partial charge in [0.2, 0.25) is 5.78 Å². The lowest BCUT2D eigenvalue weighted by Gasteiger charge is -2.05. The van der Waals surface area contributed by atoms with E-state index >= 15 is 0 Å². The fourth-order valence-electron chi connectivity index (χ4n) is 1.73. The third kappa shape index (κ3) is 1.39. The van der Waals surface area contributed by atoms with E-state index in [9.17, 15) is 9.59 Å². The highest BCUT2D eigenvalue weighted by Crippen LogP contribution is 2.28. The Morgan fingerprint density at radius 1 is 1.08 bits per heavy atom. The Morgan fingerprint density at radius 3 is 2.31 bits per heavy atom. The third-order valence-corrected chi connectivity index (χ3v) is 2.45. The lowest BCUT2D eigenvalue weighted by Crippen LogP contribution is -2.11. The van der Waals surface area contributed by atoms with E-state index in [0.29, 0.717) is 12.8 Å². The lowest BCUT2D eigenvalue weighted by atomic mass is 9.97. The predicted molar refractivity (Wildman–Crippen MR) is 48.4 cm³/mol. The van der Waals surface area contributed by atoms with Crippen LogP contribution in [0.4, 0.5) is 0 Å². The van der Waals surface area contributed by atoms with Gasteiger partial charge in [0.1, 0.15) is 0 Å². The van der Waals surface area contributed by atoms with E-state index in [4.69, 9.17) is 0 Å². The van der Waals surface area contributed by atoms with Crippen LogP contribution in [0.2, 0.25) is 0 Å². The molecule has 1 saturated carbocycles. The van der Waals surface area contributed by atoms with E-state index in [1.807, 2.05) is 30.3 Å². The highest BCUT2D eigenvalue weighted by molar-refractivity contribution is 6.41. The number of benzene rings is 1. The highest BCUT2D eigenvalue weighted by Gasteiger charge is 2.32. The number of hydrogen-bond acceptors (Lipinski definition) is 2. The molecule has 0 amide bonds. The second-order valence-electron chi connectivity index (χ2n) is 3.29. The zero-order valence-electron chi connectivity index (χ0n) is 7.19. The Hall–Kier alpha value is -1.44. The molecule has 0 aromatic heterocycles. The number of carbonyl (C=O) groups excluding carboxylic acids is 2. The molecule has 0 bridgehead atoms. The molecule has 1 aromatic rings. The number of rotatable bonds is 1. The van der Waals surface area contributed by atoms with E-state index in [1.54, 1.807) is 0 Å². The van der Waals surface area contributed by atoms with Crippen LogP contribution in [0.15, 0.2) is 30.3 Å². The average Bonchev–Trinajstić information content (AvgIpc) is 2.49. The van der Waals surface area contributed by atoms with Crippen LogP contribution >= 0.6 is 0 Å². The lowest BCUT2D eigenvalue weighted by molar-refractivity contribution is -0.134. The van der Waals surface area contributed by atoms with Crippen molar-refractivity contribution in [3.63, 3.8) is 0 Å². The van der Waals surface area contributed by atoms with Crippen LogP contribution in [0.5, 0.6) is 0 Å². The zero-order chi connectivity index (χ0) is 9.26. The van der Waals surface area contributed by atoms with Gasteiger partial charge >= 0.3 is 0 Å². The first-order valence-electron chi connectivity index (χ1n) is 4.41. The smallest absolute Gasteiger partial charge is 0.205 e. The van der Waals surface area contributed by atoms with E-state index in [1.165, 1.54) is 0 Å². The maximum atomic E-state index is 11.4. The quantitative estimate of drug-likeness (QED) is 0.607. The van der Waals surface area contributed by atoms with Crippen molar-refractivity contribution in [1.29, 1.82) is 0 Å². The summed E-state index contributed by atoms with van der Waals surface area (Å²) >= 11 is 0. The van der Waals surface area contributed by atoms with Crippen molar-refractivity contribution in [2.75, 3.05) is 0 Å². The summed E-state index contributed by atoms with van der Waals surface area (Å²) in [5, 5.41) is 0. The maximum Gasteiger partial charge on any atom is 0.205 e. The minimum atomic E-state index is -0.216. The molecule has 13 heavy (non-hydrogen) atoms. The molecule has 0 aliphatic heterocycles. The van der Waals surface area contributed by atoms with Crippen LogP contribution in [0, 0.1) is 0 Å². The van der Waals surface area contributed by atoms with Crippen molar-refractivity contribution >= 4 is 11.6 Å². The van der Waals surface area contributed by atoms with Gasteiger partial charge in [-0.05, 0) is 12.0 Å². The third-order valence-electron chi connectivity index (χ3n) is 2.45. The van der Waals surface area contributed by atoms with Crippen molar-refractivity contribution < 1.29 is 9.59 Å². The molecule has 0 N–H and O–H groups in total. The van der Waals surface area contributed by atoms with Gasteiger partial charge in [-0.25, -0.2) is 0 Å². The minimum absolute atomic E-state index is 0.173. The van der Waals surface area contributed by atoms with Crippen LogP contribution < -0.4 is 0 Å². The van der Waals surface area contributed by atoms with Crippen molar-refractivity contribution in [1.82, 2.24) is 0 Å². The molecular weight excluding hydrogens is 164 g/mol. The number of ketones is 2. The van der Waals surface area contributed by atoms with Crippen LogP contribution in [0.3, 0.4) is 0 Å². The summed E-state index contributed by atoms with van der Waals surface area (Å²) in [5.41, 5.74) is 0.971. The van der Waals surface area contributed by atoms with Crippen molar-refractivity contribution in [2.45, 2.75) is 18.8 Å². The van der Waals surface area contributed by atoms with Gasteiger partial charge in [0.05, 0.1) is 5.92 Å². The molecule has 0 saturated heterocycles. The van der Waals surface area contributed by atoms with Crippen molar-refractivity contribution in [2.24, 2.45) is 0 Å². The van der Waals surface area contributed by atoms with Crippen LogP contribution in [-0.4, -0.2) is 11.6 Å². The zero-order valence-corrected chi connectivity index (χ0v) is 7.19. The molecule has 0 radical (unpaired) electrons. The summed E-state index contributed by atoms with van der Waals surface area (Å²) in [4.78, 5) is 22.4. The van der Waals surface area contributed by atoms with Gasteiger partial charge in [-0.15, -0.1) is 0 Å². The molecule has 1 aliphatic rings. The first-order valence-corrected chi connectivity index (χ1v) is 4.41. The Balaban J connectivity index is 2.29. The molecule has 2 nitrogen and oxygen atoms in total. The maximum absolute atomic E-state index is 11.4. The van der Waals surface area contributed by atoms with Crippen LogP contribution in [-0.2, 0) is 9.59 Å². The predicted octanol–water partition coefficient (Wildman–Crippen LogP) is 1.70. The fraction of sp³-hybridized carbons (Fsp3) is 0.273. The van der Waals surface area contributed by atoms with Gasteiger partial charge in [0.15, 0.2) is 5.78 Å². The molecule has 2 rings (SSSR count). The van der Waals surface area contributed by atoms with Crippen LogP contribution in [0.25, 0.3) is 0 Å². The SMILES string of the molecule is O=C1CCC(c2ccccc2)C1=O. The normalized spacial score (nSPS) is 22.3. The van der Waals surface area contributed by atoms with Gasteiger partial charge < -0.3 is 0 Å². The summed E-state index contributed by atoms with van der Waals surface area (Å²) in [7, 11) is 0. The van der Waals surface area contributed by atoms with E-state index in [2.05, 4.69) is 0 Å². The van der Waals surface area contributed by atoms with Crippen molar-refractivity contribution in [3.8, 4) is 0 Å². The average molecular weight is 174 g/mol. The van der Waals surface area contributed by atoms with Gasteiger partial charge in [0, 0.05) is 6.42 Å². The first kappa shape index (κ1) is 8.17. The second-order valence-corrected chi connectivity index (χ2v) is 3.29. The molecule has 1 fully saturated rings. The summed E-state index contributed by atoms with van der Waals surface area (Å²) in [5.74, 6) is -0.603. The molecular formula is C11H10O2. The standard InChI is InChI=1S/C11H10O2/c12-10-7-6-9(11(10)13)8-4-2-1-3-5-8/h1-5,9H,6-7H2. The number of Topliss-reactive ketones (excluding diaryl/α,β-unsaturated/α-hetero) is 2. The van der Waals surface area contributed by atoms with E-state index in [0.717, 1.165) is 5.56 Å². The van der Waals surface area contributed by atoms with Gasteiger partial charge in [-0.1, -0.05) is 30.3 Å². The fourth-order valence-corrected chi connectivity index (χ4v) is 1.73. The summed E-state index contributed by atoms with van der Waals surface area (Å²) < 4.78 is 0. The second kappa shape index (κ2) is 3.13. The molecule has 0 heterocycles. The summed E-state index contributed by atoms with van der Waals surface area (Å²) in [6.45, 7) is 0. The molecule has 66 valence electrons. The number of hydrogen-bond donors (Lipinski definition) is 0. The molecule has 1 aromatic carbocycles. The van der Waals surface area contributed by atoms with E-state index < -0.39 is 0 Å². The topological polar surface area (TPSA) is 34.1 Å². The molecule has 1 unspecified atom stereocenters. The molecule has 1 atom stereocenters. The monoisotopic (exact) mass is 174 g/mol. The van der Waals surface area contributed by atoms with Crippen LogP contribution in [0.1, 0.15) is 24.3 Å². The molecule has 0 spiro atoms. The summed E-state index contributed by atoms with van der Waals surface area (Å²) in [6, 6.07) is 9.50.